The first kappa shape index (κ1) is 22.0. The molecule has 0 saturated carbocycles. The molecule has 0 spiro atoms. The number of nitrogens with zero attached hydrogens (tertiary/aromatic N) is 2. The van der Waals surface area contributed by atoms with E-state index in [2.05, 4.69) is 14.9 Å². The summed E-state index contributed by atoms with van der Waals surface area (Å²) in [5.41, 5.74) is 2.62. The molecular formula is C20H19FN3O4PS. The zero-order valence-electron chi connectivity index (χ0n) is 16.2. The highest BCUT2D eigenvalue weighted by Gasteiger charge is 2.21. The van der Waals surface area contributed by atoms with Crippen LogP contribution in [0.4, 0.5) is 10.1 Å². The lowest BCUT2D eigenvalue weighted by Gasteiger charge is -2.13. The third-order valence-corrected chi connectivity index (χ3v) is 6.82. The number of carbonyl (C=O) groups excluding carboxylic acids is 1. The molecule has 0 atom stereocenters. The van der Waals surface area contributed by atoms with E-state index < -0.39 is 7.60 Å². The lowest BCUT2D eigenvalue weighted by atomic mass is 10.1. The minimum atomic E-state index is -3.15. The number of rotatable bonds is 8. The van der Waals surface area contributed by atoms with Gasteiger partial charge >= 0.3 is 7.60 Å². The smallest absolute Gasteiger partial charge is 0.323 e. The highest BCUT2D eigenvalue weighted by molar-refractivity contribution is 7.52. The van der Waals surface area contributed by atoms with E-state index >= 15 is 0 Å². The summed E-state index contributed by atoms with van der Waals surface area (Å²) in [4.78, 5) is 13.0. The monoisotopic (exact) mass is 447 g/mol. The topological polar surface area (TPSA) is 90.4 Å². The highest BCUT2D eigenvalue weighted by Crippen LogP contribution is 2.49. The van der Waals surface area contributed by atoms with Crippen molar-refractivity contribution < 1.29 is 22.8 Å². The van der Waals surface area contributed by atoms with Crippen molar-refractivity contribution in [3.63, 3.8) is 0 Å². The second-order valence-corrected chi connectivity index (χ2v) is 9.17. The van der Waals surface area contributed by atoms with Gasteiger partial charge in [-0.3, -0.25) is 9.36 Å². The fourth-order valence-corrected chi connectivity index (χ4v) is 4.29. The summed E-state index contributed by atoms with van der Waals surface area (Å²) in [6.45, 7) is 0. The number of hydrogen-bond donors (Lipinski definition) is 1. The third kappa shape index (κ3) is 5.67. The van der Waals surface area contributed by atoms with Gasteiger partial charge in [-0.15, -0.1) is 5.10 Å². The molecule has 0 aliphatic heterocycles. The molecular weight excluding hydrogens is 428 g/mol. The van der Waals surface area contributed by atoms with Gasteiger partial charge in [-0.25, -0.2) is 4.39 Å². The molecule has 0 bridgehead atoms. The minimum Gasteiger partial charge on any atom is -0.323 e. The molecule has 0 aliphatic rings. The maximum atomic E-state index is 13.1. The fourth-order valence-electron chi connectivity index (χ4n) is 2.57. The number of carbonyl (C=O) groups is 1. The van der Waals surface area contributed by atoms with Crippen molar-refractivity contribution in [3.8, 4) is 10.4 Å². The van der Waals surface area contributed by atoms with E-state index in [1.165, 1.54) is 32.4 Å². The maximum Gasteiger partial charge on any atom is 0.334 e. The summed E-state index contributed by atoms with van der Waals surface area (Å²) in [7, 11) is -0.473. The largest absolute Gasteiger partial charge is 0.334 e. The van der Waals surface area contributed by atoms with Crippen LogP contribution >= 0.6 is 19.1 Å². The van der Waals surface area contributed by atoms with Crippen molar-refractivity contribution in [2.24, 2.45) is 0 Å². The van der Waals surface area contributed by atoms with Gasteiger partial charge in [-0.05, 0) is 53.0 Å². The molecule has 0 unspecified atom stereocenters. The molecule has 0 saturated heterocycles. The van der Waals surface area contributed by atoms with E-state index in [-0.39, 0.29) is 17.9 Å². The summed E-state index contributed by atoms with van der Waals surface area (Å²) in [6.07, 6.45) is 3.04. The van der Waals surface area contributed by atoms with Crippen LogP contribution in [-0.2, 0) is 24.6 Å². The highest BCUT2D eigenvalue weighted by atomic mass is 32.1. The molecule has 1 N–H and O–H groups in total. The molecule has 2 aromatic carbocycles. The quantitative estimate of drug-likeness (QED) is 0.387. The molecule has 0 fully saturated rings. The van der Waals surface area contributed by atoms with E-state index in [4.69, 9.17) is 9.05 Å². The maximum absolute atomic E-state index is 13.1. The van der Waals surface area contributed by atoms with Crippen LogP contribution in [0.2, 0.25) is 0 Å². The van der Waals surface area contributed by atoms with E-state index in [9.17, 15) is 13.8 Å². The van der Waals surface area contributed by atoms with Crippen molar-refractivity contribution in [2.75, 3.05) is 19.5 Å². The normalized spacial score (nSPS) is 11.7. The first-order valence-electron chi connectivity index (χ1n) is 8.79. The molecule has 156 valence electrons. The van der Waals surface area contributed by atoms with Gasteiger partial charge in [-0.1, -0.05) is 28.8 Å². The Kier molecular flexibility index (Phi) is 7.23. The molecule has 0 aliphatic carbocycles. The van der Waals surface area contributed by atoms with E-state index in [0.717, 1.165) is 27.5 Å². The van der Waals surface area contributed by atoms with Gasteiger partial charge in [0.2, 0.25) is 5.91 Å². The minimum absolute atomic E-state index is 0.136. The zero-order chi connectivity index (χ0) is 21.6. The summed E-state index contributed by atoms with van der Waals surface area (Å²) in [6, 6.07) is 12.9. The Hall–Kier alpha value is -2.71. The van der Waals surface area contributed by atoms with Crippen molar-refractivity contribution in [1.29, 1.82) is 0 Å². The summed E-state index contributed by atoms with van der Waals surface area (Å²) >= 11 is 1.16. The predicted molar refractivity (Wildman–Crippen MR) is 115 cm³/mol. The van der Waals surface area contributed by atoms with E-state index in [0.29, 0.717) is 11.4 Å². The van der Waals surface area contributed by atoms with Crippen LogP contribution in [0.25, 0.3) is 16.5 Å². The molecule has 10 heteroatoms. The number of hydrogen-bond acceptors (Lipinski definition) is 7. The summed E-state index contributed by atoms with van der Waals surface area (Å²) in [5.74, 6) is -0.675. The summed E-state index contributed by atoms with van der Waals surface area (Å²) in [5, 5.41) is 6.75. The number of anilines is 1. The molecule has 0 radical (unpaired) electrons. The SMILES string of the molecule is COP(=O)(Cc1ccc(NC(=O)/C=C/c2nnsc2-c2ccc(F)cc2)cc1)OC. The van der Waals surface area contributed by atoms with Crippen molar-refractivity contribution in [1.82, 2.24) is 9.59 Å². The molecule has 30 heavy (non-hydrogen) atoms. The second kappa shape index (κ2) is 9.86. The Bertz CT molecular complexity index is 1080. The Labute approximate surface area is 177 Å². The van der Waals surface area contributed by atoms with Crippen LogP contribution in [0.5, 0.6) is 0 Å². The molecule has 7 nitrogen and oxygen atoms in total. The Morgan fingerprint density at radius 2 is 1.80 bits per heavy atom. The van der Waals surface area contributed by atoms with E-state index in [1.54, 1.807) is 42.5 Å². The van der Waals surface area contributed by atoms with Crippen LogP contribution in [0.3, 0.4) is 0 Å². The van der Waals surface area contributed by atoms with E-state index in [1.807, 2.05) is 0 Å². The van der Waals surface area contributed by atoms with Gasteiger partial charge in [0.05, 0.1) is 11.0 Å². The van der Waals surface area contributed by atoms with Crippen molar-refractivity contribution >= 4 is 36.8 Å². The summed E-state index contributed by atoms with van der Waals surface area (Å²) < 4.78 is 39.0. The average Bonchev–Trinajstić information content (AvgIpc) is 3.23. The third-order valence-electron chi connectivity index (χ3n) is 4.17. The van der Waals surface area contributed by atoms with Gasteiger partial charge in [-0.2, -0.15) is 0 Å². The Morgan fingerprint density at radius 1 is 1.13 bits per heavy atom. The van der Waals surface area contributed by atoms with Gasteiger partial charge in [0.1, 0.15) is 11.5 Å². The van der Waals surface area contributed by atoms with Gasteiger partial charge in [0.25, 0.3) is 0 Å². The van der Waals surface area contributed by atoms with Gasteiger partial charge in [0.15, 0.2) is 0 Å². The average molecular weight is 447 g/mol. The second-order valence-electron chi connectivity index (χ2n) is 6.15. The van der Waals surface area contributed by atoms with Crippen molar-refractivity contribution in [3.05, 3.63) is 71.7 Å². The van der Waals surface area contributed by atoms with Gasteiger partial charge < -0.3 is 14.4 Å². The number of nitrogens with one attached hydrogen (secondary N) is 1. The first-order chi connectivity index (χ1) is 14.4. The van der Waals surface area contributed by atoms with Crippen LogP contribution in [0, 0.1) is 5.82 Å². The van der Waals surface area contributed by atoms with Crippen LogP contribution < -0.4 is 5.32 Å². The number of benzene rings is 2. The number of aromatic nitrogens is 2. The Morgan fingerprint density at radius 3 is 2.43 bits per heavy atom. The standard InChI is InChI=1S/C20H19FN3O4PS/c1-27-29(26,28-2)13-14-3-9-17(10-4-14)22-19(25)12-11-18-20(30-24-23-18)15-5-7-16(21)8-6-15/h3-12H,13H2,1-2H3,(H,22,25)/b12-11+. The van der Waals surface area contributed by atoms with Crippen molar-refractivity contribution in [2.45, 2.75) is 6.16 Å². The first-order valence-corrected chi connectivity index (χ1v) is 11.3. The number of amides is 1. The molecule has 3 aromatic rings. The van der Waals surface area contributed by atoms with Gasteiger partial charge in [0, 0.05) is 26.0 Å². The lowest BCUT2D eigenvalue weighted by molar-refractivity contribution is -0.111. The fraction of sp³-hybridized carbons (Fsp3) is 0.150. The van der Waals surface area contributed by atoms with Crippen LogP contribution in [0.15, 0.2) is 54.6 Å². The number of halogens is 1. The van der Waals surface area contributed by atoms with Crippen LogP contribution in [0.1, 0.15) is 11.3 Å². The zero-order valence-corrected chi connectivity index (χ0v) is 18.0. The van der Waals surface area contributed by atoms with Crippen LogP contribution in [-0.4, -0.2) is 29.7 Å². The molecule has 1 aromatic heterocycles. The Balaban J connectivity index is 1.64. The lowest BCUT2D eigenvalue weighted by Crippen LogP contribution is -2.07. The molecule has 1 heterocycles. The molecule has 3 rings (SSSR count). The predicted octanol–water partition coefficient (Wildman–Crippen LogP) is 4.98. The molecule has 1 amide bonds.